The van der Waals surface area contributed by atoms with Crippen molar-refractivity contribution in [3.8, 4) is 0 Å². The summed E-state index contributed by atoms with van der Waals surface area (Å²) in [6.45, 7) is 8.27. The van der Waals surface area contributed by atoms with Crippen LogP contribution in [0.1, 0.15) is 42.5 Å². The van der Waals surface area contributed by atoms with Crippen LogP contribution in [0.15, 0.2) is 12.1 Å². The second-order valence-corrected chi connectivity index (χ2v) is 5.74. The maximum Gasteiger partial charge on any atom is 0.0623 e. The van der Waals surface area contributed by atoms with Gasteiger partial charge in [-0.3, -0.25) is 0 Å². The van der Waals surface area contributed by atoms with Crippen LogP contribution in [-0.4, -0.2) is 10.7 Å². The maximum absolute atomic E-state index is 10.1. The highest BCUT2D eigenvalue weighted by atomic mass is 16.3. The number of aliphatic hydroxyl groups is 1. The summed E-state index contributed by atoms with van der Waals surface area (Å²) in [7, 11) is 0. The third-order valence-electron chi connectivity index (χ3n) is 4.17. The van der Waals surface area contributed by atoms with E-state index in [1.807, 2.05) is 13.8 Å². The van der Waals surface area contributed by atoms with Crippen LogP contribution in [0.4, 0.5) is 0 Å². The zero-order valence-electron chi connectivity index (χ0n) is 10.8. The topological polar surface area (TPSA) is 20.2 Å². The average Bonchev–Trinajstić information content (AvgIpc) is 2.22. The summed E-state index contributed by atoms with van der Waals surface area (Å²) in [6.07, 6.45) is 3.26. The van der Waals surface area contributed by atoms with Crippen molar-refractivity contribution in [2.24, 2.45) is 5.92 Å². The van der Waals surface area contributed by atoms with E-state index in [1.54, 1.807) is 0 Å². The van der Waals surface area contributed by atoms with Crippen molar-refractivity contribution in [3.05, 3.63) is 34.4 Å². The minimum absolute atomic E-state index is 0.405. The first-order valence-electron chi connectivity index (χ1n) is 6.20. The summed E-state index contributed by atoms with van der Waals surface area (Å²) in [5, 5.41) is 10.1. The monoisotopic (exact) mass is 218 g/mol. The summed E-state index contributed by atoms with van der Waals surface area (Å²) in [5.41, 5.74) is 5.27. The Labute approximate surface area is 98.5 Å². The summed E-state index contributed by atoms with van der Waals surface area (Å²) < 4.78 is 0. The van der Waals surface area contributed by atoms with Gasteiger partial charge in [-0.1, -0.05) is 12.1 Å². The molecular formula is C15H22O. The molecule has 88 valence electrons. The lowest BCUT2D eigenvalue weighted by Gasteiger charge is -2.34. The van der Waals surface area contributed by atoms with Crippen LogP contribution < -0.4 is 0 Å². The minimum Gasteiger partial charge on any atom is -0.390 e. The molecule has 0 spiro atoms. The van der Waals surface area contributed by atoms with Crippen molar-refractivity contribution < 1.29 is 5.11 Å². The van der Waals surface area contributed by atoms with E-state index in [0.29, 0.717) is 5.92 Å². The second kappa shape index (κ2) is 3.89. The first-order valence-corrected chi connectivity index (χ1v) is 6.20. The molecule has 1 aliphatic carbocycles. The molecule has 1 N–H and O–H groups in total. The van der Waals surface area contributed by atoms with Gasteiger partial charge in [0.1, 0.15) is 0 Å². The fourth-order valence-electron chi connectivity index (χ4n) is 2.76. The molecule has 0 amide bonds. The van der Waals surface area contributed by atoms with Gasteiger partial charge in [-0.05, 0) is 75.1 Å². The standard InChI is InChI=1S/C15H22O/c1-10-5-6-12-9-13(15(3,4)16)7-8-14(12)11(10)2/h5-6,13,16H,7-9H2,1-4H3/t13-/m1/s1. The van der Waals surface area contributed by atoms with Crippen molar-refractivity contribution in [1.82, 2.24) is 0 Å². The Kier molecular flexibility index (Phi) is 2.83. The lowest BCUT2D eigenvalue weighted by atomic mass is 9.74. The van der Waals surface area contributed by atoms with E-state index in [2.05, 4.69) is 26.0 Å². The quantitative estimate of drug-likeness (QED) is 0.767. The van der Waals surface area contributed by atoms with E-state index >= 15 is 0 Å². The first-order chi connectivity index (χ1) is 7.39. The van der Waals surface area contributed by atoms with Gasteiger partial charge in [0, 0.05) is 0 Å². The Morgan fingerprint density at radius 1 is 1.25 bits per heavy atom. The van der Waals surface area contributed by atoms with Gasteiger partial charge in [-0.2, -0.15) is 0 Å². The zero-order chi connectivity index (χ0) is 11.9. The zero-order valence-corrected chi connectivity index (χ0v) is 10.8. The largest absolute Gasteiger partial charge is 0.390 e. The minimum atomic E-state index is -0.545. The molecule has 1 aliphatic rings. The molecule has 1 aromatic rings. The van der Waals surface area contributed by atoms with Crippen molar-refractivity contribution in [2.45, 2.75) is 52.6 Å². The van der Waals surface area contributed by atoms with Crippen molar-refractivity contribution in [2.75, 3.05) is 0 Å². The van der Waals surface area contributed by atoms with E-state index in [9.17, 15) is 5.11 Å². The van der Waals surface area contributed by atoms with Crippen molar-refractivity contribution in [1.29, 1.82) is 0 Å². The number of hydrogen-bond donors (Lipinski definition) is 1. The lowest BCUT2D eigenvalue weighted by Crippen LogP contribution is -2.35. The molecule has 1 nitrogen and oxygen atoms in total. The van der Waals surface area contributed by atoms with Crippen LogP contribution in [0.5, 0.6) is 0 Å². The molecule has 1 heteroatoms. The van der Waals surface area contributed by atoms with Crippen LogP contribution in [0.2, 0.25) is 0 Å². The molecule has 1 atom stereocenters. The van der Waals surface area contributed by atoms with Crippen LogP contribution in [0, 0.1) is 19.8 Å². The van der Waals surface area contributed by atoms with Gasteiger partial charge in [-0.15, -0.1) is 0 Å². The molecule has 1 aromatic carbocycles. The van der Waals surface area contributed by atoms with E-state index in [4.69, 9.17) is 0 Å². The molecule has 0 fully saturated rings. The molecule has 0 saturated carbocycles. The van der Waals surface area contributed by atoms with Gasteiger partial charge in [0.05, 0.1) is 5.60 Å². The van der Waals surface area contributed by atoms with Gasteiger partial charge >= 0.3 is 0 Å². The highest BCUT2D eigenvalue weighted by molar-refractivity contribution is 5.41. The summed E-state index contributed by atoms with van der Waals surface area (Å²) in [6, 6.07) is 4.45. The Balaban J connectivity index is 2.33. The Hall–Kier alpha value is -0.820. The van der Waals surface area contributed by atoms with Crippen molar-refractivity contribution in [3.63, 3.8) is 0 Å². The van der Waals surface area contributed by atoms with Crippen LogP contribution in [0.3, 0.4) is 0 Å². The van der Waals surface area contributed by atoms with E-state index < -0.39 is 5.60 Å². The number of hydrogen-bond acceptors (Lipinski definition) is 1. The van der Waals surface area contributed by atoms with Gasteiger partial charge in [-0.25, -0.2) is 0 Å². The van der Waals surface area contributed by atoms with E-state index in [1.165, 1.54) is 22.3 Å². The van der Waals surface area contributed by atoms with E-state index in [0.717, 1.165) is 19.3 Å². The molecule has 0 aromatic heterocycles. The predicted molar refractivity (Wildman–Crippen MR) is 67.7 cm³/mol. The number of fused-ring (bicyclic) bond motifs is 1. The molecule has 0 bridgehead atoms. The SMILES string of the molecule is Cc1ccc2c(c1C)CC[C@@H](C(C)(C)O)C2. The Bertz CT molecular complexity index is 399. The van der Waals surface area contributed by atoms with Crippen LogP contribution in [-0.2, 0) is 12.8 Å². The lowest BCUT2D eigenvalue weighted by molar-refractivity contribution is 0.0110. The molecule has 2 rings (SSSR count). The fourth-order valence-corrected chi connectivity index (χ4v) is 2.76. The van der Waals surface area contributed by atoms with E-state index in [-0.39, 0.29) is 0 Å². The maximum atomic E-state index is 10.1. The Morgan fingerprint density at radius 2 is 1.94 bits per heavy atom. The molecule has 16 heavy (non-hydrogen) atoms. The molecule has 0 radical (unpaired) electrons. The number of benzene rings is 1. The second-order valence-electron chi connectivity index (χ2n) is 5.74. The molecule has 0 saturated heterocycles. The van der Waals surface area contributed by atoms with Crippen molar-refractivity contribution >= 4 is 0 Å². The summed E-state index contributed by atoms with van der Waals surface area (Å²) >= 11 is 0. The molecule has 0 unspecified atom stereocenters. The summed E-state index contributed by atoms with van der Waals surface area (Å²) in [4.78, 5) is 0. The number of aryl methyl sites for hydroxylation is 1. The highest BCUT2D eigenvalue weighted by Gasteiger charge is 2.30. The highest BCUT2D eigenvalue weighted by Crippen LogP contribution is 2.34. The third-order valence-corrected chi connectivity index (χ3v) is 4.17. The smallest absolute Gasteiger partial charge is 0.0623 e. The van der Waals surface area contributed by atoms with Crippen LogP contribution in [0.25, 0.3) is 0 Å². The van der Waals surface area contributed by atoms with Crippen LogP contribution >= 0.6 is 0 Å². The van der Waals surface area contributed by atoms with Gasteiger partial charge in [0.15, 0.2) is 0 Å². The predicted octanol–water partition coefficient (Wildman–Crippen LogP) is 3.18. The molecule has 0 aliphatic heterocycles. The normalized spacial score (nSPS) is 20.7. The van der Waals surface area contributed by atoms with Gasteiger partial charge in [0.2, 0.25) is 0 Å². The Morgan fingerprint density at radius 3 is 2.56 bits per heavy atom. The fraction of sp³-hybridized carbons (Fsp3) is 0.600. The third kappa shape index (κ3) is 2.01. The summed E-state index contributed by atoms with van der Waals surface area (Å²) in [5.74, 6) is 0.405. The number of rotatable bonds is 1. The van der Waals surface area contributed by atoms with Gasteiger partial charge < -0.3 is 5.11 Å². The average molecular weight is 218 g/mol. The van der Waals surface area contributed by atoms with Gasteiger partial charge in [0.25, 0.3) is 0 Å². The molecular weight excluding hydrogens is 196 g/mol. The molecule has 0 heterocycles. The first kappa shape index (κ1) is 11.7.